The van der Waals surface area contributed by atoms with Gasteiger partial charge >= 0.3 is 5.97 Å². The van der Waals surface area contributed by atoms with Crippen molar-refractivity contribution in [1.82, 2.24) is 0 Å². The molecule has 98 valence electrons. The minimum atomic E-state index is -1.21. The molecule has 1 atom stereocenters. The molecule has 3 N–H and O–H groups in total. The second-order valence-electron chi connectivity index (χ2n) is 4.12. The maximum Gasteiger partial charge on any atom is 0.337 e. The Morgan fingerprint density at radius 2 is 2.39 bits per heavy atom. The molecule has 1 aliphatic rings. The minimum absolute atomic E-state index is 0.0600. The van der Waals surface area contributed by atoms with Gasteiger partial charge in [0.1, 0.15) is 6.61 Å². The van der Waals surface area contributed by atoms with Gasteiger partial charge in [0.2, 0.25) is 0 Å². The van der Waals surface area contributed by atoms with Gasteiger partial charge in [0.15, 0.2) is 11.6 Å². The first-order valence-corrected chi connectivity index (χ1v) is 5.64. The van der Waals surface area contributed by atoms with Crippen molar-refractivity contribution < 1.29 is 23.8 Å². The number of aromatic carboxylic acids is 1. The summed E-state index contributed by atoms with van der Waals surface area (Å²) < 4.78 is 24.1. The van der Waals surface area contributed by atoms with E-state index in [2.05, 4.69) is 0 Å². The number of benzene rings is 1. The van der Waals surface area contributed by atoms with E-state index in [0.29, 0.717) is 6.61 Å². The van der Waals surface area contributed by atoms with Gasteiger partial charge in [0.25, 0.3) is 0 Å². The first-order valence-electron chi connectivity index (χ1n) is 5.64. The summed E-state index contributed by atoms with van der Waals surface area (Å²) >= 11 is 0. The van der Waals surface area contributed by atoms with Crippen LogP contribution in [0.25, 0.3) is 0 Å². The molecule has 0 spiro atoms. The lowest BCUT2D eigenvalue weighted by Gasteiger charge is -2.13. The maximum atomic E-state index is 13.5. The summed E-state index contributed by atoms with van der Waals surface area (Å²) in [5, 5.41) is 8.88. The first kappa shape index (κ1) is 12.6. The molecule has 0 radical (unpaired) electrons. The maximum absolute atomic E-state index is 13.5. The third kappa shape index (κ3) is 2.70. The van der Waals surface area contributed by atoms with Crippen LogP contribution in [0.3, 0.4) is 0 Å². The van der Waals surface area contributed by atoms with E-state index < -0.39 is 11.8 Å². The molecule has 2 rings (SSSR count). The lowest BCUT2D eigenvalue weighted by molar-refractivity contribution is 0.0660. The summed E-state index contributed by atoms with van der Waals surface area (Å²) in [4.78, 5) is 10.9. The second-order valence-corrected chi connectivity index (χ2v) is 4.12. The Hall–Kier alpha value is -1.82. The normalized spacial score (nSPS) is 18.8. The zero-order valence-electron chi connectivity index (χ0n) is 9.69. The number of halogens is 1. The molecule has 1 aromatic rings. The number of carbonyl (C=O) groups is 1. The zero-order chi connectivity index (χ0) is 13.1. The van der Waals surface area contributed by atoms with E-state index in [1.807, 2.05) is 0 Å². The zero-order valence-corrected chi connectivity index (χ0v) is 9.69. The predicted octanol–water partition coefficient (Wildman–Crippen LogP) is 1.66. The molecular formula is C12H14FNO4. The highest BCUT2D eigenvalue weighted by atomic mass is 19.1. The van der Waals surface area contributed by atoms with E-state index in [9.17, 15) is 9.18 Å². The van der Waals surface area contributed by atoms with Gasteiger partial charge in [0, 0.05) is 18.4 Å². The smallest absolute Gasteiger partial charge is 0.337 e. The molecule has 1 aliphatic heterocycles. The molecule has 5 nitrogen and oxygen atoms in total. The van der Waals surface area contributed by atoms with Crippen molar-refractivity contribution in [2.75, 3.05) is 18.9 Å². The van der Waals surface area contributed by atoms with Gasteiger partial charge < -0.3 is 20.3 Å². The summed E-state index contributed by atoms with van der Waals surface area (Å²) in [7, 11) is 0. The monoisotopic (exact) mass is 255 g/mol. The number of nitrogen functional groups attached to an aromatic ring is 1. The van der Waals surface area contributed by atoms with Crippen molar-refractivity contribution in [3.05, 3.63) is 23.5 Å². The molecule has 0 amide bonds. The van der Waals surface area contributed by atoms with E-state index >= 15 is 0 Å². The number of anilines is 1. The van der Waals surface area contributed by atoms with Gasteiger partial charge in [-0.2, -0.15) is 0 Å². The molecular weight excluding hydrogens is 241 g/mol. The Balaban J connectivity index is 2.11. The summed E-state index contributed by atoms with van der Waals surface area (Å²) in [6.45, 7) is 0.887. The standard InChI is InChI=1S/C12H14FNO4/c13-9-5-10(14)8(12(15)16)4-11(9)18-6-7-2-1-3-17-7/h4-5,7H,1-3,6,14H2,(H,15,16). The van der Waals surface area contributed by atoms with Crippen LogP contribution in [0.5, 0.6) is 5.75 Å². The largest absolute Gasteiger partial charge is 0.488 e. The Bertz CT molecular complexity index is 458. The van der Waals surface area contributed by atoms with E-state index in [1.165, 1.54) is 0 Å². The van der Waals surface area contributed by atoms with E-state index in [-0.39, 0.29) is 29.7 Å². The molecule has 1 unspecified atom stereocenters. The van der Waals surface area contributed by atoms with Crippen molar-refractivity contribution in [1.29, 1.82) is 0 Å². The summed E-state index contributed by atoms with van der Waals surface area (Å²) in [5.41, 5.74) is 5.12. The first-order chi connectivity index (χ1) is 8.58. The topological polar surface area (TPSA) is 81.8 Å². The van der Waals surface area contributed by atoms with E-state index in [4.69, 9.17) is 20.3 Å². The summed E-state index contributed by atoms with van der Waals surface area (Å²) in [5.74, 6) is -2.00. The quantitative estimate of drug-likeness (QED) is 0.800. The van der Waals surface area contributed by atoms with Crippen molar-refractivity contribution >= 4 is 11.7 Å². The van der Waals surface area contributed by atoms with Crippen molar-refractivity contribution in [3.63, 3.8) is 0 Å². The highest BCUT2D eigenvalue weighted by Crippen LogP contribution is 2.25. The molecule has 18 heavy (non-hydrogen) atoms. The number of rotatable bonds is 4. The Morgan fingerprint density at radius 1 is 1.61 bits per heavy atom. The van der Waals surface area contributed by atoms with E-state index in [0.717, 1.165) is 25.0 Å². The third-order valence-electron chi connectivity index (χ3n) is 2.78. The van der Waals surface area contributed by atoms with Gasteiger partial charge in [-0.15, -0.1) is 0 Å². The van der Waals surface area contributed by atoms with Crippen LogP contribution in [0.2, 0.25) is 0 Å². The molecule has 0 bridgehead atoms. The molecule has 0 aliphatic carbocycles. The minimum Gasteiger partial charge on any atom is -0.488 e. The van der Waals surface area contributed by atoms with Gasteiger partial charge in [-0.1, -0.05) is 0 Å². The average Bonchev–Trinajstić information content (AvgIpc) is 2.80. The average molecular weight is 255 g/mol. The molecule has 1 aromatic carbocycles. The Morgan fingerprint density at radius 3 is 3.00 bits per heavy atom. The van der Waals surface area contributed by atoms with Gasteiger partial charge in [0.05, 0.1) is 11.7 Å². The van der Waals surface area contributed by atoms with Crippen LogP contribution in [0, 0.1) is 5.82 Å². The molecule has 1 saturated heterocycles. The van der Waals surface area contributed by atoms with Crippen LogP contribution >= 0.6 is 0 Å². The second kappa shape index (κ2) is 5.22. The van der Waals surface area contributed by atoms with Crippen molar-refractivity contribution in [2.45, 2.75) is 18.9 Å². The Kier molecular flexibility index (Phi) is 3.66. The van der Waals surface area contributed by atoms with Crippen LogP contribution in [-0.2, 0) is 4.74 Å². The van der Waals surface area contributed by atoms with Crippen LogP contribution in [0.15, 0.2) is 12.1 Å². The lowest BCUT2D eigenvalue weighted by atomic mass is 10.1. The molecule has 1 fully saturated rings. The fourth-order valence-corrected chi connectivity index (χ4v) is 1.82. The molecule has 0 saturated carbocycles. The van der Waals surface area contributed by atoms with Crippen LogP contribution < -0.4 is 10.5 Å². The number of hydrogen-bond acceptors (Lipinski definition) is 4. The Labute approximate surface area is 103 Å². The van der Waals surface area contributed by atoms with Crippen LogP contribution in [-0.4, -0.2) is 30.4 Å². The molecule has 0 aromatic heterocycles. The van der Waals surface area contributed by atoms with E-state index in [1.54, 1.807) is 0 Å². The number of nitrogens with two attached hydrogens (primary N) is 1. The number of hydrogen-bond donors (Lipinski definition) is 2. The number of carboxylic acids is 1. The molecule has 6 heteroatoms. The lowest BCUT2D eigenvalue weighted by Crippen LogP contribution is -2.17. The summed E-state index contributed by atoms with van der Waals surface area (Å²) in [6.07, 6.45) is 1.76. The number of ether oxygens (including phenoxy) is 2. The van der Waals surface area contributed by atoms with Gasteiger partial charge in [-0.25, -0.2) is 9.18 Å². The third-order valence-corrected chi connectivity index (χ3v) is 2.78. The van der Waals surface area contributed by atoms with Gasteiger partial charge in [-0.3, -0.25) is 0 Å². The fraction of sp³-hybridized carbons (Fsp3) is 0.417. The SMILES string of the molecule is Nc1cc(F)c(OCC2CCCO2)cc1C(=O)O. The van der Waals surface area contributed by atoms with Crippen LogP contribution in [0.4, 0.5) is 10.1 Å². The highest BCUT2D eigenvalue weighted by molar-refractivity contribution is 5.94. The summed E-state index contributed by atoms with van der Waals surface area (Å²) in [6, 6.07) is 2.05. The predicted molar refractivity (Wildman–Crippen MR) is 62.2 cm³/mol. The molecule has 1 heterocycles. The van der Waals surface area contributed by atoms with Crippen molar-refractivity contribution in [3.8, 4) is 5.75 Å². The fourth-order valence-electron chi connectivity index (χ4n) is 1.82. The van der Waals surface area contributed by atoms with Crippen LogP contribution in [0.1, 0.15) is 23.2 Å². The highest BCUT2D eigenvalue weighted by Gasteiger charge is 2.18. The number of carboxylic acid groups (broad SMARTS) is 1. The van der Waals surface area contributed by atoms with Crippen molar-refractivity contribution in [2.24, 2.45) is 0 Å². The van der Waals surface area contributed by atoms with Gasteiger partial charge in [-0.05, 0) is 18.9 Å².